The summed E-state index contributed by atoms with van der Waals surface area (Å²) in [5.74, 6) is 0. The number of benzene rings is 1. The number of nitro benzene ring substituents is 1. The van der Waals surface area contributed by atoms with Crippen molar-refractivity contribution < 1.29 is 4.92 Å². The van der Waals surface area contributed by atoms with Gasteiger partial charge in [0.2, 0.25) is 0 Å². The lowest BCUT2D eigenvalue weighted by atomic mass is 10.2. The zero-order chi connectivity index (χ0) is 11.3. The van der Waals surface area contributed by atoms with Gasteiger partial charge in [-0.15, -0.1) is 0 Å². The molecular formula is C9H10N4O2. The highest BCUT2D eigenvalue weighted by atomic mass is 16.6. The van der Waals surface area contributed by atoms with Gasteiger partial charge in [-0.2, -0.15) is 5.26 Å². The summed E-state index contributed by atoms with van der Waals surface area (Å²) in [6.45, 7) is 0.969. The number of nitrogens with two attached hydrogens (primary N) is 1. The average Bonchev–Trinajstić information content (AvgIpc) is 2.25. The van der Waals surface area contributed by atoms with Crippen LogP contribution in [0.2, 0.25) is 0 Å². The topological polar surface area (TPSA) is 105 Å². The van der Waals surface area contributed by atoms with Crippen LogP contribution in [0.1, 0.15) is 5.56 Å². The third kappa shape index (κ3) is 2.65. The quantitative estimate of drug-likeness (QED) is 0.560. The number of anilines is 1. The van der Waals surface area contributed by atoms with Crippen molar-refractivity contribution in [2.45, 2.75) is 0 Å². The molecule has 0 radical (unpaired) electrons. The van der Waals surface area contributed by atoms with Gasteiger partial charge < -0.3 is 11.1 Å². The van der Waals surface area contributed by atoms with Crippen LogP contribution in [0.5, 0.6) is 0 Å². The average molecular weight is 206 g/mol. The second kappa shape index (κ2) is 4.93. The van der Waals surface area contributed by atoms with E-state index in [1.807, 2.05) is 0 Å². The molecule has 0 amide bonds. The molecule has 1 rings (SSSR count). The predicted octanol–water partition coefficient (Wildman–Crippen LogP) is 0.837. The van der Waals surface area contributed by atoms with Gasteiger partial charge in [0.15, 0.2) is 0 Å². The third-order valence-electron chi connectivity index (χ3n) is 1.79. The standard InChI is InChI=1S/C9H10N4O2/c10-3-4-12-8-2-1-7(6-11)9(5-8)13(14)15/h1-2,5,12H,3-4,10H2. The van der Waals surface area contributed by atoms with Gasteiger partial charge >= 0.3 is 0 Å². The molecule has 0 bridgehead atoms. The Hall–Kier alpha value is -2.13. The maximum absolute atomic E-state index is 10.6. The lowest BCUT2D eigenvalue weighted by Gasteiger charge is -2.04. The molecule has 78 valence electrons. The highest BCUT2D eigenvalue weighted by molar-refractivity contribution is 5.59. The largest absolute Gasteiger partial charge is 0.384 e. The van der Waals surface area contributed by atoms with Gasteiger partial charge in [0, 0.05) is 24.8 Å². The van der Waals surface area contributed by atoms with Crippen LogP contribution in [0.4, 0.5) is 11.4 Å². The summed E-state index contributed by atoms with van der Waals surface area (Å²) in [7, 11) is 0. The van der Waals surface area contributed by atoms with E-state index >= 15 is 0 Å². The Morgan fingerprint density at radius 1 is 1.60 bits per heavy atom. The lowest BCUT2D eigenvalue weighted by Crippen LogP contribution is -2.13. The number of hydrogen-bond acceptors (Lipinski definition) is 5. The van der Waals surface area contributed by atoms with Gasteiger partial charge in [-0.3, -0.25) is 10.1 Å². The van der Waals surface area contributed by atoms with E-state index in [1.54, 1.807) is 12.1 Å². The van der Waals surface area contributed by atoms with Crippen LogP contribution in [-0.2, 0) is 0 Å². The normalized spacial score (nSPS) is 9.33. The van der Waals surface area contributed by atoms with E-state index in [1.165, 1.54) is 12.1 Å². The maximum Gasteiger partial charge on any atom is 0.289 e. The highest BCUT2D eigenvalue weighted by Crippen LogP contribution is 2.22. The monoisotopic (exact) mass is 206 g/mol. The van der Waals surface area contributed by atoms with E-state index in [9.17, 15) is 10.1 Å². The Balaban J connectivity index is 3.01. The molecule has 1 aromatic carbocycles. The zero-order valence-electron chi connectivity index (χ0n) is 7.93. The molecular weight excluding hydrogens is 196 g/mol. The molecule has 0 aliphatic carbocycles. The molecule has 0 atom stereocenters. The van der Waals surface area contributed by atoms with E-state index in [2.05, 4.69) is 5.32 Å². The van der Waals surface area contributed by atoms with Crippen molar-refractivity contribution in [3.8, 4) is 6.07 Å². The van der Waals surface area contributed by atoms with Crippen molar-refractivity contribution in [3.63, 3.8) is 0 Å². The van der Waals surface area contributed by atoms with Gasteiger partial charge in [-0.1, -0.05) is 0 Å². The Bertz CT molecular complexity index is 411. The van der Waals surface area contributed by atoms with Gasteiger partial charge in [-0.05, 0) is 12.1 Å². The number of nitro groups is 1. The molecule has 6 nitrogen and oxygen atoms in total. The second-order valence-corrected chi connectivity index (χ2v) is 2.82. The lowest BCUT2D eigenvalue weighted by molar-refractivity contribution is -0.385. The minimum Gasteiger partial charge on any atom is -0.384 e. The van der Waals surface area contributed by atoms with E-state index in [0.717, 1.165) is 0 Å². The molecule has 0 aliphatic heterocycles. The molecule has 0 aliphatic rings. The summed E-state index contributed by atoms with van der Waals surface area (Å²) in [5.41, 5.74) is 5.73. The van der Waals surface area contributed by atoms with Gasteiger partial charge in [0.25, 0.3) is 5.69 Å². The Kier molecular flexibility index (Phi) is 3.60. The number of hydrogen-bond donors (Lipinski definition) is 2. The van der Waals surface area contributed by atoms with Crippen LogP contribution in [0, 0.1) is 21.4 Å². The van der Waals surface area contributed by atoms with Crippen molar-refractivity contribution >= 4 is 11.4 Å². The Labute approximate surface area is 86.5 Å². The van der Waals surface area contributed by atoms with Crippen molar-refractivity contribution in [2.75, 3.05) is 18.4 Å². The van der Waals surface area contributed by atoms with Crippen molar-refractivity contribution in [1.29, 1.82) is 5.26 Å². The molecule has 0 heterocycles. The van der Waals surface area contributed by atoms with Gasteiger partial charge in [0.05, 0.1) is 4.92 Å². The summed E-state index contributed by atoms with van der Waals surface area (Å²) >= 11 is 0. The fourth-order valence-corrected chi connectivity index (χ4v) is 1.10. The number of nitriles is 1. The summed E-state index contributed by atoms with van der Waals surface area (Å²) in [6, 6.07) is 6.12. The van der Waals surface area contributed by atoms with Crippen LogP contribution >= 0.6 is 0 Å². The smallest absolute Gasteiger partial charge is 0.289 e. The summed E-state index contributed by atoms with van der Waals surface area (Å²) in [5, 5.41) is 22.2. The van der Waals surface area contributed by atoms with Crippen LogP contribution in [0.15, 0.2) is 18.2 Å². The molecule has 15 heavy (non-hydrogen) atoms. The van der Waals surface area contributed by atoms with E-state index in [-0.39, 0.29) is 11.3 Å². The van der Waals surface area contributed by atoms with Crippen molar-refractivity contribution in [2.24, 2.45) is 5.73 Å². The van der Waals surface area contributed by atoms with Crippen LogP contribution in [-0.4, -0.2) is 18.0 Å². The van der Waals surface area contributed by atoms with Crippen LogP contribution in [0.25, 0.3) is 0 Å². The highest BCUT2D eigenvalue weighted by Gasteiger charge is 2.13. The van der Waals surface area contributed by atoms with E-state index in [0.29, 0.717) is 18.8 Å². The Morgan fingerprint density at radius 2 is 2.33 bits per heavy atom. The summed E-state index contributed by atoms with van der Waals surface area (Å²) in [4.78, 5) is 10.0. The number of nitrogens with zero attached hydrogens (tertiary/aromatic N) is 2. The molecule has 0 saturated heterocycles. The second-order valence-electron chi connectivity index (χ2n) is 2.82. The Morgan fingerprint density at radius 3 is 2.87 bits per heavy atom. The van der Waals surface area contributed by atoms with Crippen molar-refractivity contribution in [1.82, 2.24) is 0 Å². The summed E-state index contributed by atoms with van der Waals surface area (Å²) in [6.07, 6.45) is 0. The van der Waals surface area contributed by atoms with Crippen molar-refractivity contribution in [3.05, 3.63) is 33.9 Å². The van der Waals surface area contributed by atoms with E-state index < -0.39 is 4.92 Å². The van der Waals surface area contributed by atoms with Gasteiger partial charge in [-0.25, -0.2) is 0 Å². The first-order valence-corrected chi connectivity index (χ1v) is 4.31. The molecule has 0 aromatic heterocycles. The zero-order valence-corrected chi connectivity index (χ0v) is 7.93. The molecule has 3 N–H and O–H groups in total. The molecule has 0 saturated carbocycles. The maximum atomic E-state index is 10.6. The SMILES string of the molecule is N#Cc1ccc(NCCN)cc1[N+](=O)[O-]. The molecule has 0 spiro atoms. The molecule has 1 aromatic rings. The van der Waals surface area contributed by atoms with Crippen LogP contribution in [0.3, 0.4) is 0 Å². The third-order valence-corrected chi connectivity index (χ3v) is 1.79. The first kappa shape index (κ1) is 10.9. The predicted molar refractivity (Wildman–Crippen MR) is 55.4 cm³/mol. The van der Waals surface area contributed by atoms with E-state index in [4.69, 9.17) is 11.0 Å². The van der Waals surface area contributed by atoms with Crippen LogP contribution < -0.4 is 11.1 Å². The minimum absolute atomic E-state index is 0.0540. The number of rotatable bonds is 4. The summed E-state index contributed by atoms with van der Waals surface area (Å²) < 4.78 is 0. The fourth-order valence-electron chi connectivity index (χ4n) is 1.10. The molecule has 0 fully saturated rings. The molecule has 6 heteroatoms. The molecule has 0 unspecified atom stereocenters. The first-order valence-electron chi connectivity index (χ1n) is 4.31. The first-order chi connectivity index (χ1) is 7.19. The fraction of sp³-hybridized carbons (Fsp3) is 0.222. The number of nitrogens with one attached hydrogen (secondary N) is 1. The minimum atomic E-state index is -0.577. The van der Waals surface area contributed by atoms with Gasteiger partial charge in [0.1, 0.15) is 11.6 Å².